The molecule has 0 aromatic carbocycles. The van der Waals surface area contributed by atoms with Gasteiger partial charge < -0.3 is 5.11 Å². The van der Waals surface area contributed by atoms with Crippen LogP contribution in [-0.2, 0) is 0 Å². The van der Waals surface area contributed by atoms with E-state index in [0.717, 1.165) is 0 Å². The van der Waals surface area contributed by atoms with Gasteiger partial charge in [-0.15, -0.1) is 6.42 Å². The lowest BCUT2D eigenvalue weighted by Crippen LogP contribution is -2.50. The predicted octanol–water partition coefficient (Wildman–Crippen LogP) is 0.780. The zero-order valence-electron chi connectivity index (χ0n) is 4.69. The Morgan fingerprint density at radius 3 is 2.00 bits per heavy atom. The second kappa shape index (κ2) is 1.45. The van der Waals surface area contributed by atoms with Crippen LogP contribution in [0.2, 0.25) is 0 Å². The Morgan fingerprint density at radius 1 is 1.44 bits per heavy atom. The fourth-order valence-electron chi connectivity index (χ4n) is 0.906. The number of rotatable bonds is 0. The number of terminal acetylenes is 1. The van der Waals surface area contributed by atoms with Crippen LogP contribution in [0.25, 0.3) is 0 Å². The van der Waals surface area contributed by atoms with E-state index in [1.165, 1.54) is 0 Å². The summed E-state index contributed by atoms with van der Waals surface area (Å²) in [6, 6.07) is 0. The van der Waals surface area contributed by atoms with Crippen molar-refractivity contribution >= 4 is 0 Å². The van der Waals surface area contributed by atoms with Crippen LogP contribution in [0.15, 0.2) is 0 Å². The first kappa shape index (κ1) is 6.50. The van der Waals surface area contributed by atoms with Gasteiger partial charge in [0.1, 0.15) is 5.60 Å². The molecule has 1 nitrogen and oxygen atoms in total. The van der Waals surface area contributed by atoms with E-state index in [4.69, 9.17) is 11.5 Å². The van der Waals surface area contributed by atoms with Gasteiger partial charge in [0.25, 0.3) is 5.92 Å². The zero-order chi connectivity index (χ0) is 7.12. The lowest BCUT2D eigenvalue weighted by Gasteiger charge is -2.38. The van der Waals surface area contributed by atoms with Crippen LogP contribution in [0.5, 0.6) is 0 Å². The summed E-state index contributed by atoms with van der Waals surface area (Å²) in [6.07, 6.45) is 3.58. The average molecular weight is 132 g/mol. The van der Waals surface area contributed by atoms with E-state index in [-0.39, 0.29) is 0 Å². The van der Waals surface area contributed by atoms with Gasteiger partial charge in [-0.05, 0) is 0 Å². The van der Waals surface area contributed by atoms with Crippen LogP contribution in [-0.4, -0.2) is 16.6 Å². The van der Waals surface area contributed by atoms with Crippen molar-refractivity contribution in [3.05, 3.63) is 0 Å². The summed E-state index contributed by atoms with van der Waals surface area (Å²) in [5.41, 5.74) is -1.52. The van der Waals surface area contributed by atoms with E-state index in [1.807, 2.05) is 5.92 Å². The molecule has 0 heterocycles. The highest BCUT2D eigenvalue weighted by molar-refractivity contribution is 5.17. The third-order valence-electron chi connectivity index (χ3n) is 1.37. The smallest absolute Gasteiger partial charge is 0.255 e. The van der Waals surface area contributed by atoms with Gasteiger partial charge in [-0.3, -0.25) is 0 Å². The number of hydrogen-bond donors (Lipinski definition) is 1. The molecule has 0 aliphatic heterocycles. The number of halogens is 2. The van der Waals surface area contributed by atoms with Crippen molar-refractivity contribution in [1.82, 2.24) is 0 Å². The lowest BCUT2D eigenvalue weighted by molar-refractivity contribution is -0.176. The summed E-state index contributed by atoms with van der Waals surface area (Å²) in [7, 11) is 0. The first-order valence-corrected chi connectivity index (χ1v) is 2.55. The molecule has 0 saturated heterocycles. The largest absolute Gasteiger partial charge is 0.377 e. The number of alkyl halides is 2. The highest BCUT2D eigenvalue weighted by Gasteiger charge is 2.54. The Balaban J connectivity index is 2.54. The molecule has 0 unspecified atom stereocenters. The molecule has 0 aromatic heterocycles. The molecule has 1 N–H and O–H groups in total. The SMILES string of the molecule is C#CC1(O)CC(F)(F)C1. The van der Waals surface area contributed by atoms with Crippen molar-refractivity contribution < 1.29 is 13.9 Å². The maximum absolute atomic E-state index is 12.0. The topological polar surface area (TPSA) is 20.2 Å². The molecule has 1 aliphatic carbocycles. The molecule has 9 heavy (non-hydrogen) atoms. The van der Waals surface area contributed by atoms with E-state index < -0.39 is 24.4 Å². The van der Waals surface area contributed by atoms with Gasteiger partial charge in [-0.2, -0.15) is 0 Å². The van der Waals surface area contributed by atoms with Gasteiger partial charge >= 0.3 is 0 Å². The quantitative estimate of drug-likeness (QED) is 0.483. The van der Waals surface area contributed by atoms with E-state index >= 15 is 0 Å². The van der Waals surface area contributed by atoms with Crippen molar-refractivity contribution in [2.24, 2.45) is 0 Å². The molecule has 0 radical (unpaired) electrons. The van der Waals surface area contributed by atoms with Crippen LogP contribution in [0.4, 0.5) is 8.78 Å². The molecule has 50 valence electrons. The van der Waals surface area contributed by atoms with Gasteiger partial charge in [0.2, 0.25) is 0 Å². The second-order valence-electron chi connectivity index (χ2n) is 2.39. The van der Waals surface area contributed by atoms with Crippen LogP contribution < -0.4 is 0 Å². The minimum atomic E-state index is -2.74. The maximum atomic E-state index is 12.0. The zero-order valence-corrected chi connectivity index (χ0v) is 4.69. The third kappa shape index (κ3) is 1.03. The molecule has 1 saturated carbocycles. The van der Waals surface area contributed by atoms with Crippen LogP contribution in [0.3, 0.4) is 0 Å². The number of hydrogen-bond acceptors (Lipinski definition) is 1. The van der Waals surface area contributed by atoms with Crippen molar-refractivity contribution in [1.29, 1.82) is 0 Å². The van der Waals surface area contributed by atoms with Gasteiger partial charge in [0, 0.05) is 0 Å². The highest BCUT2D eigenvalue weighted by Crippen LogP contribution is 2.44. The Bertz CT molecular complexity index is 160. The van der Waals surface area contributed by atoms with Crippen molar-refractivity contribution in [3.8, 4) is 12.3 Å². The Morgan fingerprint density at radius 2 is 1.89 bits per heavy atom. The maximum Gasteiger partial charge on any atom is 0.255 e. The molecule has 1 rings (SSSR count). The molecule has 1 aliphatic rings. The van der Waals surface area contributed by atoms with Gasteiger partial charge in [-0.1, -0.05) is 5.92 Å². The fraction of sp³-hybridized carbons (Fsp3) is 0.667. The first-order valence-electron chi connectivity index (χ1n) is 2.55. The van der Waals surface area contributed by atoms with Crippen molar-refractivity contribution in [2.45, 2.75) is 24.4 Å². The molecule has 3 heteroatoms. The van der Waals surface area contributed by atoms with Crippen LogP contribution in [0.1, 0.15) is 12.8 Å². The fourth-order valence-corrected chi connectivity index (χ4v) is 0.906. The van der Waals surface area contributed by atoms with E-state index in [2.05, 4.69) is 0 Å². The molecular weight excluding hydrogens is 126 g/mol. The molecular formula is C6H6F2O. The van der Waals surface area contributed by atoms with E-state index in [9.17, 15) is 8.78 Å². The minimum Gasteiger partial charge on any atom is -0.377 e. The Labute approximate surface area is 51.7 Å². The van der Waals surface area contributed by atoms with Crippen molar-refractivity contribution in [3.63, 3.8) is 0 Å². The summed E-state index contributed by atoms with van der Waals surface area (Å²) in [5.74, 6) is -0.826. The summed E-state index contributed by atoms with van der Waals surface area (Å²) in [4.78, 5) is 0. The van der Waals surface area contributed by atoms with Crippen molar-refractivity contribution in [2.75, 3.05) is 0 Å². The molecule has 0 spiro atoms. The standard InChI is InChI=1S/C6H6F2O/c1-2-5(9)3-6(7,8)4-5/h1,9H,3-4H2. The molecule has 0 aromatic rings. The van der Waals surface area contributed by atoms with E-state index in [1.54, 1.807) is 0 Å². The lowest BCUT2D eigenvalue weighted by atomic mass is 9.77. The Hall–Kier alpha value is -0.620. The minimum absolute atomic E-state index is 0.587. The summed E-state index contributed by atoms with van der Waals surface area (Å²) in [6.45, 7) is 0. The van der Waals surface area contributed by atoms with Gasteiger partial charge in [0.05, 0.1) is 12.8 Å². The third-order valence-corrected chi connectivity index (χ3v) is 1.37. The molecule has 0 bridgehead atoms. The summed E-state index contributed by atoms with van der Waals surface area (Å²) < 4.78 is 23.9. The molecule has 0 amide bonds. The second-order valence-corrected chi connectivity index (χ2v) is 2.39. The molecule has 1 fully saturated rings. The van der Waals surface area contributed by atoms with Gasteiger partial charge in [-0.25, -0.2) is 8.78 Å². The summed E-state index contributed by atoms with van der Waals surface area (Å²) in [5, 5.41) is 8.84. The van der Waals surface area contributed by atoms with Crippen LogP contribution in [0, 0.1) is 12.3 Å². The van der Waals surface area contributed by atoms with Gasteiger partial charge in [0.15, 0.2) is 0 Å². The van der Waals surface area contributed by atoms with Crippen LogP contribution >= 0.6 is 0 Å². The molecule has 0 atom stereocenters. The Kier molecular flexibility index (Phi) is 1.05. The normalized spacial score (nSPS) is 28.2. The monoisotopic (exact) mass is 132 g/mol. The number of aliphatic hydroxyl groups is 1. The average Bonchev–Trinajstić information content (AvgIpc) is 1.61. The first-order chi connectivity index (χ1) is 3.97. The van der Waals surface area contributed by atoms with E-state index in [0.29, 0.717) is 0 Å². The summed E-state index contributed by atoms with van der Waals surface area (Å²) >= 11 is 0. The highest BCUT2D eigenvalue weighted by atomic mass is 19.3. The predicted molar refractivity (Wildman–Crippen MR) is 28.0 cm³/mol.